The molecule has 2 rings (SSSR count). The largest absolute Gasteiger partial charge is 0.396 e. The average Bonchev–Trinajstić information content (AvgIpc) is 2.64. The Morgan fingerprint density at radius 3 is 2.21 bits per heavy atom. The van der Waals surface area contributed by atoms with Crippen molar-refractivity contribution in [1.82, 2.24) is 5.32 Å². The van der Waals surface area contributed by atoms with Crippen LogP contribution in [0, 0.1) is 5.92 Å². The van der Waals surface area contributed by atoms with Gasteiger partial charge in [-0.05, 0) is 17.0 Å². The summed E-state index contributed by atoms with van der Waals surface area (Å²) in [6, 6.07) is 17.4. The predicted molar refractivity (Wildman–Crippen MR) is 94.7 cm³/mol. The summed E-state index contributed by atoms with van der Waals surface area (Å²) in [6.45, 7) is 2.31. The Balaban J connectivity index is 1.86. The van der Waals surface area contributed by atoms with E-state index in [0.29, 0.717) is 12.1 Å². The van der Waals surface area contributed by atoms with Gasteiger partial charge in [-0.3, -0.25) is 9.59 Å². The summed E-state index contributed by atoms with van der Waals surface area (Å²) < 4.78 is 0. The Morgan fingerprint density at radius 2 is 1.58 bits per heavy atom. The van der Waals surface area contributed by atoms with Crippen molar-refractivity contribution in [3.8, 4) is 11.1 Å². The first-order valence-corrected chi connectivity index (χ1v) is 8.16. The zero-order valence-corrected chi connectivity index (χ0v) is 13.9. The molecule has 126 valence electrons. The van der Waals surface area contributed by atoms with Gasteiger partial charge in [0.2, 0.25) is 5.91 Å². The van der Waals surface area contributed by atoms with E-state index in [1.807, 2.05) is 49.4 Å². The Bertz CT molecular complexity index is 665. The molecular formula is C20H23NO3. The standard InChI is InChI=1S/C20H23NO3/c1-15(14-22)13-21-20(24)12-11-19(23)18-9-7-17(8-10-18)16-5-3-2-4-6-16/h2-10,15,22H,11-14H2,1H3,(H,21,24). The minimum absolute atomic E-state index is 0.0233. The molecule has 0 aliphatic heterocycles. The molecule has 0 radical (unpaired) electrons. The van der Waals surface area contributed by atoms with E-state index >= 15 is 0 Å². The number of amides is 1. The minimum Gasteiger partial charge on any atom is -0.396 e. The number of Topliss-reactive ketones (excluding diaryl/α,β-unsaturated/α-hetero) is 1. The SMILES string of the molecule is CC(CO)CNC(=O)CCC(=O)c1ccc(-c2ccccc2)cc1. The van der Waals surface area contributed by atoms with Crippen molar-refractivity contribution < 1.29 is 14.7 Å². The van der Waals surface area contributed by atoms with Crippen molar-refractivity contribution in [1.29, 1.82) is 0 Å². The molecule has 0 fully saturated rings. The Morgan fingerprint density at radius 1 is 0.958 bits per heavy atom. The van der Waals surface area contributed by atoms with Gasteiger partial charge in [-0.1, -0.05) is 61.5 Å². The predicted octanol–water partition coefficient (Wildman–Crippen LogP) is 3.06. The number of carbonyl (C=O) groups excluding carboxylic acids is 2. The second-order valence-electron chi connectivity index (χ2n) is 5.96. The van der Waals surface area contributed by atoms with Crippen molar-refractivity contribution in [2.75, 3.05) is 13.2 Å². The summed E-state index contributed by atoms with van der Waals surface area (Å²) in [5.74, 6) is -0.181. The number of benzene rings is 2. The van der Waals surface area contributed by atoms with E-state index in [1.165, 1.54) is 0 Å². The minimum atomic E-state index is -0.162. The Hall–Kier alpha value is -2.46. The summed E-state index contributed by atoms with van der Waals surface area (Å²) in [4.78, 5) is 23.9. The molecule has 2 N–H and O–H groups in total. The average molecular weight is 325 g/mol. The number of rotatable bonds is 8. The third-order valence-electron chi connectivity index (χ3n) is 3.85. The molecule has 0 heterocycles. The molecular weight excluding hydrogens is 302 g/mol. The lowest BCUT2D eigenvalue weighted by molar-refractivity contribution is -0.121. The molecule has 2 aromatic rings. The van der Waals surface area contributed by atoms with Gasteiger partial charge >= 0.3 is 0 Å². The molecule has 24 heavy (non-hydrogen) atoms. The smallest absolute Gasteiger partial charge is 0.220 e. The third-order valence-corrected chi connectivity index (χ3v) is 3.85. The number of ketones is 1. The number of aliphatic hydroxyl groups excluding tert-OH is 1. The number of aliphatic hydroxyl groups is 1. The van der Waals surface area contributed by atoms with Gasteiger partial charge in [-0.25, -0.2) is 0 Å². The normalized spacial score (nSPS) is 11.8. The Labute approximate surface area is 142 Å². The van der Waals surface area contributed by atoms with E-state index in [4.69, 9.17) is 5.11 Å². The molecule has 0 saturated heterocycles. The second kappa shape index (κ2) is 8.99. The first-order chi connectivity index (χ1) is 11.6. The van der Waals surface area contributed by atoms with Gasteiger partial charge in [0.25, 0.3) is 0 Å². The van der Waals surface area contributed by atoms with Gasteiger partial charge in [0.1, 0.15) is 0 Å². The molecule has 0 aliphatic carbocycles. The second-order valence-corrected chi connectivity index (χ2v) is 5.96. The monoisotopic (exact) mass is 325 g/mol. The van der Waals surface area contributed by atoms with Crippen LogP contribution in [0.25, 0.3) is 11.1 Å². The van der Waals surface area contributed by atoms with Crippen molar-refractivity contribution in [3.05, 3.63) is 60.2 Å². The van der Waals surface area contributed by atoms with E-state index in [2.05, 4.69) is 5.32 Å². The van der Waals surface area contributed by atoms with Crippen LogP contribution in [-0.4, -0.2) is 29.9 Å². The van der Waals surface area contributed by atoms with Gasteiger partial charge in [-0.15, -0.1) is 0 Å². The molecule has 1 atom stereocenters. The van der Waals surface area contributed by atoms with Gasteiger partial charge in [0.15, 0.2) is 5.78 Å². The van der Waals surface area contributed by atoms with E-state index < -0.39 is 0 Å². The maximum Gasteiger partial charge on any atom is 0.220 e. The van der Waals surface area contributed by atoms with Crippen molar-refractivity contribution in [2.45, 2.75) is 19.8 Å². The van der Waals surface area contributed by atoms with Gasteiger partial charge in [-0.2, -0.15) is 0 Å². The van der Waals surface area contributed by atoms with Crippen molar-refractivity contribution in [3.63, 3.8) is 0 Å². The molecule has 4 heteroatoms. The molecule has 0 saturated carbocycles. The highest BCUT2D eigenvalue weighted by atomic mass is 16.3. The number of nitrogens with one attached hydrogen (secondary N) is 1. The lowest BCUT2D eigenvalue weighted by Crippen LogP contribution is -2.29. The molecule has 2 aromatic carbocycles. The molecule has 1 unspecified atom stereocenters. The first kappa shape index (κ1) is 17.9. The number of hydrogen-bond acceptors (Lipinski definition) is 3. The summed E-state index contributed by atoms with van der Waals surface area (Å²) in [7, 11) is 0. The number of hydrogen-bond donors (Lipinski definition) is 2. The fourth-order valence-corrected chi connectivity index (χ4v) is 2.29. The summed E-state index contributed by atoms with van der Waals surface area (Å²) >= 11 is 0. The van der Waals surface area contributed by atoms with Crippen LogP contribution in [0.5, 0.6) is 0 Å². The topological polar surface area (TPSA) is 66.4 Å². The van der Waals surface area contributed by atoms with Crippen molar-refractivity contribution in [2.24, 2.45) is 5.92 Å². The van der Waals surface area contributed by atoms with Crippen LogP contribution in [0.2, 0.25) is 0 Å². The molecule has 0 spiro atoms. The van der Waals surface area contributed by atoms with Crippen LogP contribution in [0.3, 0.4) is 0 Å². The third kappa shape index (κ3) is 5.32. The highest BCUT2D eigenvalue weighted by Crippen LogP contribution is 2.19. The highest BCUT2D eigenvalue weighted by molar-refractivity contribution is 5.98. The van der Waals surface area contributed by atoms with Crippen LogP contribution in [-0.2, 0) is 4.79 Å². The van der Waals surface area contributed by atoms with Crippen molar-refractivity contribution >= 4 is 11.7 Å². The van der Waals surface area contributed by atoms with Gasteiger partial charge < -0.3 is 10.4 Å². The maximum atomic E-state index is 12.2. The van der Waals surface area contributed by atoms with Crippen LogP contribution in [0.4, 0.5) is 0 Å². The van der Waals surface area contributed by atoms with E-state index in [1.54, 1.807) is 12.1 Å². The molecule has 1 amide bonds. The quantitative estimate of drug-likeness (QED) is 0.733. The summed E-state index contributed by atoms with van der Waals surface area (Å²) in [5, 5.41) is 11.6. The lowest BCUT2D eigenvalue weighted by Gasteiger charge is -2.09. The van der Waals surface area contributed by atoms with Crippen LogP contribution in [0.1, 0.15) is 30.1 Å². The van der Waals surface area contributed by atoms with Crippen LogP contribution >= 0.6 is 0 Å². The van der Waals surface area contributed by atoms with Gasteiger partial charge in [0, 0.05) is 31.6 Å². The van der Waals surface area contributed by atoms with Crippen LogP contribution in [0.15, 0.2) is 54.6 Å². The highest BCUT2D eigenvalue weighted by Gasteiger charge is 2.10. The summed E-state index contributed by atoms with van der Waals surface area (Å²) in [5.41, 5.74) is 2.78. The molecule has 0 bridgehead atoms. The molecule has 4 nitrogen and oxygen atoms in total. The lowest BCUT2D eigenvalue weighted by atomic mass is 10.0. The first-order valence-electron chi connectivity index (χ1n) is 8.16. The molecule has 0 aromatic heterocycles. The molecule has 0 aliphatic rings. The Kier molecular flexibility index (Phi) is 6.70. The van der Waals surface area contributed by atoms with E-state index in [9.17, 15) is 9.59 Å². The zero-order valence-electron chi connectivity index (χ0n) is 13.9. The zero-order chi connectivity index (χ0) is 17.4. The fraction of sp³-hybridized carbons (Fsp3) is 0.300. The van der Waals surface area contributed by atoms with Crippen LogP contribution < -0.4 is 5.32 Å². The summed E-state index contributed by atoms with van der Waals surface area (Å²) in [6.07, 6.45) is 0.349. The van der Waals surface area contributed by atoms with E-state index in [0.717, 1.165) is 11.1 Å². The number of carbonyl (C=O) groups is 2. The fourth-order valence-electron chi connectivity index (χ4n) is 2.29. The maximum absolute atomic E-state index is 12.2. The van der Waals surface area contributed by atoms with E-state index in [-0.39, 0.29) is 37.1 Å². The van der Waals surface area contributed by atoms with Gasteiger partial charge in [0.05, 0.1) is 0 Å².